The lowest BCUT2D eigenvalue weighted by molar-refractivity contribution is -0.144. The van der Waals surface area contributed by atoms with Gasteiger partial charge in [-0.2, -0.15) is 5.26 Å². The number of hydrogen-bond acceptors (Lipinski definition) is 3. The monoisotopic (exact) mass is 276 g/mol. The van der Waals surface area contributed by atoms with E-state index in [-0.39, 0.29) is 17.4 Å². The van der Waals surface area contributed by atoms with Crippen LogP contribution in [0.5, 0.6) is 0 Å². The Bertz CT molecular complexity index is 539. The van der Waals surface area contributed by atoms with Crippen LogP contribution in [0.25, 0.3) is 0 Å². The van der Waals surface area contributed by atoms with Crippen molar-refractivity contribution in [2.24, 2.45) is 11.8 Å². The highest BCUT2D eigenvalue weighted by molar-refractivity contribution is 5.70. The molecule has 2 rings (SSSR count). The summed E-state index contributed by atoms with van der Waals surface area (Å²) in [6.45, 7) is 0.444. The number of hydrogen-bond donors (Lipinski definition) is 2. The first kappa shape index (κ1) is 14.3. The molecule has 0 amide bonds. The number of anilines is 1. The predicted molar refractivity (Wildman–Crippen MR) is 72.7 cm³/mol. The van der Waals surface area contributed by atoms with E-state index in [4.69, 9.17) is 5.26 Å². The van der Waals surface area contributed by atoms with Crippen LogP contribution in [0.2, 0.25) is 0 Å². The number of aliphatic carboxylic acids is 1. The van der Waals surface area contributed by atoms with Crippen LogP contribution >= 0.6 is 0 Å². The maximum absolute atomic E-state index is 13.7. The zero-order chi connectivity index (χ0) is 14.5. The van der Waals surface area contributed by atoms with Crippen LogP contribution in [0.15, 0.2) is 18.2 Å². The number of carbonyl (C=O) groups is 1. The normalized spacial score (nSPS) is 22.0. The van der Waals surface area contributed by atoms with Gasteiger partial charge in [-0.05, 0) is 37.0 Å². The topological polar surface area (TPSA) is 73.1 Å². The van der Waals surface area contributed by atoms with Crippen molar-refractivity contribution in [2.75, 3.05) is 11.9 Å². The number of benzene rings is 1. The molecule has 1 saturated carbocycles. The van der Waals surface area contributed by atoms with E-state index in [0.717, 1.165) is 19.3 Å². The van der Waals surface area contributed by atoms with Crippen LogP contribution in [0.1, 0.15) is 31.2 Å². The van der Waals surface area contributed by atoms with Crippen LogP contribution in [0, 0.1) is 29.0 Å². The van der Waals surface area contributed by atoms with Gasteiger partial charge in [-0.3, -0.25) is 4.79 Å². The van der Waals surface area contributed by atoms with Crippen molar-refractivity contribution in [3.8, 4) is 6.07 Å². The van der Waals surface area contributed by atoms with E-state index in [0.29, 0.717) is 18.7 Å². The van der Waals surface area contributed by atoms with E-state index in [1.54, 1.807) is 6.07 Å². The van der Waals surface area contributed by atoms with Gasteiger partial charge in [-0.1, -0.05) is 12.8 Å². The molecule has 1 aliphatic carbocycles. The minimum absolute atomic E-state index is 0.0243. The average Bonchev–Trinajstić information content (AvgIpc) is 2.46. The molecule has 2 N–H and O–H groups in total. The molecule has 5 heteroatoms. The Morgan fingerprint density at radius 2 is 2.20 bits per heavy atom. The maximum atomic E-state index is 13.7. The molecule has 1 aromatic carbocycles. The lowest BCUT2D eigenvalue weighted by atomic mass is 9.79. The van der Waals surface area contributed by atoms with Crippen LogP contribution in [-0.4, -0.2) is 17.6 Å². The van der Waals surface area contributed by atoms with Crippen LogP contribution < -0.4 is 5.32 Å². The van der Waals surface area contributed by atoms with Crippen molar-refractivity contribution in [1.82, 2.24) is 0 Å². The van der Waals surface area contributed by atoms with E-state index in [1.165, 1.54) is 12.1 Å². The molecule has 1 aromatic rings. The molecule has 2 atom stereocenters. The summed E-state index contributed by atoms with van der Waals surface area (Å²) in [7, 11) is 0. The zero-order valence-corrected chi connectivity index (χ0v) is 11.1. The van der Waals surface area contributed by atoms with Gasteiger partial charge >= 0.3 is 5.97 Å². The second-order valence-corrected chi connectivity index (χ2v) is 5.18. The van der Waals surface area contributed by atoms with Crippen molar-refractivity contribution in [2.45, 2.75) is 25.7 Å². The fraction of sp³-hybridized carbons (Fsp3) is 0.467. The molecule has 0 saturated heterocycles. The Balaban J connectivity index is 2.00. The molecule has 1 fully saturated rings. The van der Waals surface area contributed by atoms with Crippen LogP contribution in [0.3, 0.4) is 0 Å². The Morgan fingerprint density at radius 1 is 1.45 bits per heavy atom. The molecule has 0 aliphatic heterocycles. The number of carboxylic acids is 1. The second-order valence-electron chi connectivity index (χ2n) is 5.18. The number of nitrogens with one attached hydrogen (secondary N) is 1. The number of halogens is 1. The first-order valence-electron chi connectivity index (χ1n) is 6.78. The van der Waals surface area contributed by atoms with E-state index in [2.05, 4.69) is 5.32 Å². The summed E-state index contributed by atoms with van der Waals surface area (Å²) in [5, 5.41) is 20.8. The smallest absolute Gasteiger partial charge is 0.306 e. The number of nitrogens with zero attached hydrogens (tertiary/aromatic N) is 1. The van der Waals surface area contributed by atoms with Crippen molar-refractivity contribution in [3.05, 3.63) is 29.6 Å². The molecular weight excluding hydrogens is 259 g/mol. The molecule has 4 nitrogen and oxygen atoms in total. The first-order chi connectivity index (χ1) is 9.61. The summed E-state index contributed by atoms with van der Waals surface area (Å²) in [4.78, 5) is 11.2. The molecule has 0 bridgehead atoms. The maximum Gasteiger partial charge on any atom is 0.306 e. The number of nitriles is 1. The Kier molecular flexibility index (Phi) is 4.57. The summed E-state index contributed by atoms with van der Waals surface area (Å²) in [6.07, 6.45) is 3.50. The van der Waals surface area contributed by atoms with Gasteiger partial charge in [0.05, 0.1) is 23.2 Å². The van der Waals surface area contributed by atoms with Gasteiger partial charge in [0.1, 0.15) is 5.82 Å². The Morgan fingerprint density at radius 3 is 2.85 bits per heavy atom. The fourth-order valence-electron chi connectivity index (χ4n) is 2.75. The molecule has 2 unspecified atom stereocenters. The summed E-state index contributed by atoms with van der Waals surface area (Å²) in [5.74, 6) is -1.57. The highest BCUT2D eigenvalue weighted by atomic mass is 19.1. The van der Waals surface area contributed by atoms with Crippen LogP contribution in [-0.2, 0) is 4.79 Å². The fourth-order valence-corrected chi connectivity index (χ4v) is 2.75. The molecule has 0 heterocycles. The summed E-state index contributed by atoms with van der Waals surface area (Å²) >= 11 is 0. The predicted octanol–water partition coefficient (Wildman–Crippen LogP) is 3.00. The van der Waals surface area contributed by atoms with Gasteiger partial charge in [0.25, 0.3) is 0 Å². The molecule has 1 aliphatic rings. The zero-order valence-electron chi connectivity index (χ0n) is 11.1. The van der Waals surface area contributed by atoms with Crippen LogP contribution in [0.4, 0.5) is 10.1 Å². The van der Waals surface area contributed by atoms with Gasteiger partial charge in [-0.15, -0.1) is 0 Å². The third-order valence-corrected chi connectivity index (χ3v) is 3.88. The SMILES string of the molecule is N#Cc1ccc(NCC2CCCCC2C(=O)O)c(F)c1. The van der Waals surface area contributed by atoms with E-state index >= 15 is 0 Å². The number of rotatable bonds is 4. The molecule has 106 valence electrons. The Labute approximate surface area is 117 Å². The summed E-state index contributed by atoms with van der Waals surface area (Å²) < 4.78 is 13.7. The highest BCUT2D eigenvalue weighted by Gasteiger charge is 2.30. The van der Waals surface area contributed by atoms with E-state index in [9.17, 15) is 14.3 Å². The third kappa shape index (κ3) is 3.27. The van der Waals surface area contributed by atoms with Gasteiger partial charge in [-0.25, -0.2) is 4.39 Å². The van der Waals surface area contributed by atoms with Crippen molar-refractivity contribution >= 4 is 11.7 Å². The minimum Gasteiger partial charge on any atom is -0.481 e. The van der Waals surface area contributed by atoms with Gasteiger partial charge < -0.3 is 10.4 Å². The minimum atomic E-state index is -0.767. The first-order valence-corrected chi connectivity index (χ1v) is 6.78. The summed E-state index contributed by atoms with van der Waals surface area (Å²) in [5.41, 5.74) is 0.591. The lowest BCUT2D eigenvalue weighted by Gasteiger charge is -2.29. The molecule has 0 radical (unpaired) electrons. The lowest BCUT2D eigenvalue weighted by Crippen LogP contribution is -2.31. The van der Waals surface area contributed by atoms with Gasteiger partial charge in [0.15, 0.2) is 0 Å². The van der Waals surface area contributed by atoms with Crippen molar-refractivity contribution in [3.63, 3.8) is 0 Å². The molecule has 20 heavy (non-hydrogen) atoms. The second kappa shape index (κ2) is 6.38. The average molecular weight is 276 g/mol. The Hall–Kier alpha value is -2.09. The molecule has 0 spiro atoms. The molecule has 0 aromatic heterocycles. The largest absolute Gasteiger partial charge is 0.481 e. The number of carboxylic acid groups (broad SMARTS) is 1. The van der Waals surface area contributed by atoms with Gasteiger partial charge in [0, 0.05) is 6.54 Å². The van der Waals surface area contributed by atoms with E-state index in [1.807, 2.05) is 6.07 Å². The third-order valence-electron chi connectivity index (χ3n) is 3.88. The highest BCUT2D eigenvalue weighted by Crippen LogP contribution is 2.30. The van der Waals surface area contributed by atoms with Gasteiger partial charge in [0.2, 0.25) is 0 Å². The van der Waals surface area contributed by atoms with Crippen molar-refractivity contribution in [1.29, 1.82) is 5.26 Å². The van der Waals surface area contributed by atoms with E-state index < -0.39 is 11.8 Å². The quantitative estimate of drug-likeness (QED) is 0.886. The standard InChI is InChI=1S/C15H17FN2O2/c16-13-7-10(8-17)5-6-14(13)18-9-11-3-1-2-4-12(11)15(19)20/h5-7,11-12,18H,1-4,9H2,(H,19,20). The van der Waals surface area contributed by atoms with Crippen molar-refractivity contribution < 1.29 is 14.3 Å². The summed E-state index contributed by atoms with van der Waals surface area (Å²) in [6, 6.07) is 6.12. The molecular formula is C15H17FN2O2.